The van der Waals surface area contributed by atoms with Gasteiger partial charge < -0.3 is 20.3 Å². The van der Waals surface area contributed by atoms with E-state index in [4.69, 9.17) is 4.74 Å². The number of carbonyl (C=O) groups is 1. The van der Waals surface area contributed by atoms with Gasteiger partial charge in [0.2, 0.25) is 0 Å². The van der Waals surface area contributed by atoms with Gasteiger partial charge in [0.15, 0.2) is 0 Å². The third-order valence-electron chi connectivity index (χ3n) is 6.18. The number of anilines is 3. The number of hydrogen-bond donors (Lipinski definition) is 2. The Labute approximate surface area is 196 Å². The van der Waals surface area contributed by atoms with Crippen molar-refractivity contribution in [2.45, 2.75) is 19.9 Å². The zero-order valence-corrected chi connectivity index (χ0v) is 18.8. The third kappa shape index (κ3) is 4.31. The van der Waals surface area contributed by atoms with Crippen molar-refractivity contribution >= 4 is 23.1 Å². The number of nitrogens with zero attached hydrogens (tertiary/aromatic N) is 3. The van der Waals surface area contributed by atoms with Gasteiger partial charge in [0.05, 0.1) is 53.2 Å². The second-order valence-electron chi connectivity index (χ2n) is 8.44. The zero-order chi connectivity index (χ0) is 23.7. The fourth-order valence-electron chi connectivity index (χ4n) is 4.47. The number of aromatic nitrogens is 2. The van der Waals surface area contributed by atoms with E-state index < -0.39 is 11.6 Å². The van der Waals surface area contributed by atoms with E-state index in [1.54, 1.807) is 6.20 Å². The first kappa shape index (κ1) is 22.2. The van der Waals surface area contributed by atoms with Gasteiger partial charge in [-0.15, -0.1) is 0 Å². The number of nitrogens with one attached hydrogen (secondary N) is 2. The average molecular weight is 466 g/mol. The molecule has 0 bridgehead atoms. The van der Waals surface area contributed by atoms with Gasteiger partial charge in [0.1, 0.15) is 17.5 Å². The van der Waals surface area contributed by atoms with Gasteiger partial charge in [-0.3, -0.25) is 4.79 Å². The number of benzene rings is 1. The van der Waals surface area contributed by atoms with Crippen LogP contribution in [0.25, 0.3) is 11.3 Å². The second kappa shape index (κ2) is 9.34. The van der Waals surface area contributed by atoms with E-state index in [2.05, 4.69) is 25.5 Å². The van der Waals surface area contributed by atoms with Crippen LogP contribution in [0, 0.1) is 17.6 Å². The first-order valence-corrected chi connectivity index (χ1v) is 11.4. The van der Waals surface area contributed by atoms with Crippen LogP contribution in [0.1, 0.15) is 29.4 Å². The van der Waals surface area contributed by atoms with Gasteiger partial charge >= 0.3 is 0 Å². The Morgan fingerprint density at radius 2 is 2.03 bits per heavy atom. The molecule has 2 aliphatic heterocycles. The smallest absolute Gasteiger partial charge is 0.255 e. The summed E-state index contributed by atoms with van der Waals surface area (Å²) in [5.41, 5.74) is 2.08. The molecule has 0 saturated carbocycles. The van der Waals surface area contributed by atoms with Gasteiger partial charge in [0.25, 0.3) is 5.91 Å². The molecule has 0 spiro atoms. The Kier molecular flexibility index (Phi) is 6.10. The molecule has 176 valence electrons. The monoisotopic (exact) mass is 465 g/mol. The second-order valence-corrected chi connectivity index (χ2v) is 8.44. The van der Waals surface area contributed by atoms with E-state index >= 15 is 0 Å². The van der Waals surface area contributed by atoms with Crippen LogP contribution in [-0.2, 0) is 11.3 Å². The lowest BCUT2D eigenvalue weighted by Gasteiger charge is -2.19. The van der Waals surface area contributed by atoms with Crippen molar-refractivity contribution in [3.05, 3.63) is 65.5 Å². The number of ether oxygens (including phenoxy) is 1. The van der Waals surface area contributed by atoms with Gasteiger partial charge in [-0.25, -0.2) is 18.7 Å². The normalized spacial score (nSPS) is 17.1. The lowest BCUT2D eigenvalue weighted by molar-refractivity contribution is 0.0966. The molecule has 4 heterocycles. The van der Waals surface area contributed by atoms with Gasteiger partial charge in [-0.05, 0) is 43.7 Å². The van der Waals surface area contributed by atoms with E-state index in [1.807, 2.05) is 19.1 Å². The molecule has 0 unspecified atom stereocenters. The standard InChI is InChI=1S/C25H25F2N5O2/c1-2-34-14-15-8-9-32(13-15)16-6-7-22(28-11-16)31-20-10-19(23-17(26)4-3-5-18(23)27)30-21-12-29-25(33)24(20)21/h3-7,10-11,15H,2,8-9,12-14H2,1H3,(H,29,33)(H,28,30,31)/t15-/m1/s1. The molecule has 2 N–H and O–H groups in total. The maximum absolute atomic E-state index is 14.4. The van der Waals surface area contributed by atoms with Crippen molar-refractivity contribution < 1.29 is 18.3 Å². The molecule has 2 aromatic heterocycles. The molecule has 2 aliphatic rings. The largest absolute Gasteiger partial charge is 0.381 e. The average Bonchev–Trinajstić information content (AvgIpc) is 3.45. The van der Waals surface area contributed by atoms with Crippen LogP contribution in [0.4, 0.5) is 26.0 Å². The Morgan fingerprint density at radius 1 is 1.21 bits per heavy atom. The highest BCUT2D eigenvalue weighted by Gasteiger charge is 2.27. The molecule has 34 heavy (non-hydrogen) atoms. The first-order chi connectivity index (χ1) is 16.5. The Morgan fingerprint density at radius 3 is 2.76 bits per heavy atom. The number of carbonyl (C=O) groups excluding carboxylic acids is 1. The molecular weight excluding hydrogens is 440 g/mol. The zero-order valence-electron chi connectivity index (χ0n) is 18.8. The van der Waals surface area contributed by atoms with Crippen LogP contribution in [-0.4, -0.2) is 42.2 Å². The topological polar surface area (TPSA) is 79.4 Å². The summed E-state index contributed by atoms with van der Waals surface area (Å²) in [7, 11) is 0. The fraction of sp³-hybridized carbons (Fsp3) is 0.320. The molecule has 9 heteroatoms. The van der Waals surface area contributed by atoms with Crippen molar-refractivity contribution in [2.75, 3.05) is 36.5 Å². The summed E-state index contributed by atoms with van der Waals surface area (Å²) in [6, 6.07) is 8.95. The Balaban J connectivity index is 1.40. The van der Waals surface area contributed by atoms with Crippen molar-refractivity contribution in [3.8, 4) is 11.3 Å². The predicted molar refractivity (Wildman–Crippen MR) is 125 cm³/mol. The van der Waals surface area contributed by atoms with E-state index in [1.165, 1.54) is 24.3 Å². The Bertz CT molecular complexity index is 1200. The molecule has 7 nitrogen and oxygen atoms in total. The minimum absolute atomic E-state index is 0.113. The minimum Gasteiger partial charge on any atom is -0.381 e. The van der Waals surface area contributed by atoms with Crippen molar-refractivity contribution in [1.82, 2.24) is 15.3 Å². The summed E-state index contributed by atoms with van der Waals surface area (Å²) in [4.78, 5) is 23.6. The molecule has 5 rings (SSSR count). The van der Waals surface area contributed by atoms with Crippen LogP contribution in [0.15, 0.2) is 42.6 Å². The number of pyridine rings is 2. The molecule has 1 fully saturated rings. The van der Waals surface area contributed by atoms with E-state index in [9.17, 15) is 13.6 Å². The first-order valence-electron chi connectivity index (χ1n) is 11.4. The molecular formula is C25H25F2N5O2. The molecule has 0 radical (unpaired) electrons. The lowest BCUT2D eigenvalue weighted by Crippen LogP contribution is -2.21. The van der Waals surface area contributed by atoms with E-state index in [-0.39, 0.29) is 23.7 Å². The summed E-state index contributed by atoms with van der Waals surface area (Å²) < 4.78 is 34.4. The highest BCUT2D eigenvalue weighted by molar-refractivity contribution is 6.04. The highest BCUT2D eigenvalue weighted by Crippen LogP contribution is 2.33. The molecule has 1 atom stereocenters. The number of hydrogen-bond acceptors (Lipinski definition) is 6. The predicted octanol–water partition coefficient (Wildman–Crippen LogP) is 4.27. The number of amides is 1. The van der Waals surface area contributed by atoms with Crippen molar-refractivity contribution in [1.29, 1.82) is 0 Å². The van der Waals surface area contributed by atoms with E-state index in [0.717, 1.165) is 38.4 Å². The van der Waals surface area contributed by atoms with Crippen molar-refractivity contribution in [3.63, 3.8) is 0 Å². The molecule has 0 aliphatic carbocycles. The Hall–Kier alpha value is -3.59. The fourth-order valence-corrected chi connectivity index (χ4v) is 4.47. The van der Waals surface area contributed by atoms with Crippen LogP contribution < -0.4 is 15.5 Å². The number of fused-ring (bicyclic) bond motifs is 1. The number of halogens is 2. The van der Waals surface area contributed by atoms with Crippen LogP contribution >= 0.6 is 0 Å². The summed E-state index contributed by atoms with van der Waals surface area (Å²) >= 11 is 0. The third-order valence-corrected chi connectivity index (χ3v) is 6.18. The minimum atomic E-state index is -0.716. The van der Waals surface area contributed by atoms with Crippen LogP contribution in [0.3, 0.4) is 0 Å². The van der Waals surface area contributed by atoms with Crippen molar-refractivity contribution in [2.24, 2.45) is 5.92 Å². The molecule has 3 aromatic rings. The molecule has 1 saturated heterocycles. The summed E-state index contributed by atoms with van der Waals surface area (Å²) in [6.07, 6.45) is 2.86. The van der Waals surface area contributed by atoms with Crippen LogP contribution in [0.5, 0.6) is 0 Å². The maximum Gasteiger partial charge on any atom is 0.255 e. The number of rotatable bonds is 7. The van der Waals surface area contributed by atoms with Crippen LogP contribution in [0.2, 0.25) is 0 Å². The molecule has 1 aromatic carbocycles. The SMILES string of the molecule is CCOC[C@@H]1CCN(c2ccc(Nc3cc(-c4c(F)cccc4F)nc4c3C(=O)NC4)nc2)C1. The maximum atomic E-state index is 14.4. The lowest BCUT2D eigenvalue weighted by atomic mass is 10.1. The summed E-state index contributed by atoms with van der Waals surface area (Å²) in [5, 5.41) is 5.86. The molecule has 1 amide bonds. The summed E-state index contributed by atoms with van der Waals surface area (Å²) in [5.74, 6) is -0.702. The van der Waals surface area contributed by atoms with Gasteiger partial charge in [0, 0.05) is 25.6 Å². The quantitative estimate of drug-likeness (QED) is 0.543. The summed E-state index contributed by atoms with van der Waals surface area (Å²) in [6.45, 7) is 5.55. The highest BCUT2D eigenvalue weighted by atomic mass is 19.1. The van der Waals surface area contributed by atoms with Gasteiger partial charge in [-0.2, -0.15) is 0 Å². The van der Waals surface area contributed by atoms with Gasteiger partial charge in [-0.1, -0.05) is 6.07 Å². The van der Waals surface area contributed by atoms with E-state index in [0.29, 0.717) is 28.7 Å².